The molecule has 0 spiro atoms. The van der Waals surface area contributed by atoms with Crippen LogP contribution in [0.2, 0.25) is 0 Å². The van der Waals surface area contributed by atoms with Crippen molar-refractivity contribution >= 4 is 10.8 Å². The van der Waals surface area contributed by atoms with Crippen LogP contribution in [0.3, 0.4) is 0 Å². The summed E-state index contributed by atoms with van der Waals surface area (Å²) >= 11 is 0. The highest BCUT2D eigenvalue weighted by Gasteiger charge is 2.22. The molecule has 1 aliphatic carbocycles. The molecule has 1 aliphatic rings. The zero-order valence-electron chi connectivity index (χ0n) is 13.0. The summed E-state index contributed by atoms with van der Waals surface area (Å²) in [5.41, 5.74) is 1.46. The van der Waals surface area contributed by atoms with Gasteiger partial charge in [-0.05, 0) is 49.1 Å². The first-order valence-corrected chi connectivity index (χ1v) is 8.44. The van der Waals surface area contributed by atoms with Gasteiger partial charge < -0.3 is 5.32 Å². The van der Waals surface area contributed by atoms with Gasteiger partial charge in [-0.15, -0.1) is 0 Å². The number of nitrogens with zero attached hydrogens (tertiary/aromatic N) is 1. The van der Waals surface area contributed by atoms with Crippen molar-refractivity contribution in [3.63, 3.8) is 0 Å². The van der Waals surface area contributed by atoms with Crippen LogP contribution in [0.1, 0.15) is 56.9 Å². The van der Waals surface area contributed by atoms with Crippen molar-refractivity contribution in [1.82, 2.24) is 10.3 Å². The maximum absolute atomic E-state index is 4.49. The molecule has 0 amide bonds. The van der Waals surface area contributed by atoms with Crippen molar-refractivity contribution in [3.05, 3.63) is 42.2 Å². The molecule has 0 aliphatic heterocycles. The van der Waals surface area contributed by atoms with Crippen LogP contribution >= 0.6 is 0 Å². The Hall–Kier alpha value is -1.41. The minimum absolute atomic E-state index is 0.653. The number of nitrogens with one attached hydrogen (secondary N) is 1. The minimum Gasteiger partial charge on any atom is -0.314 e. The molecule has 1 N–H and O–H groups in total. The first-order chi connectivity index (χ1) is 10.4. The molecule has 21 heavy (non-hydrogen) atoms. The number of hydrogen-bond donors (Lipinski definition) is 1. The summed E-state index contributed by atoms with van der Waals surface area (Å²) in [5.74, 6) is 0.653. The fourth-order valence-corrected chi connectivity index (χ4v) is 3.64. The fraction of sp³-hybridized carbons (Fsp3) is 0.526. The summed E-state index contributed by atoms with van der Waals surface area (Å²) in [7, 11) is 0. The minimum atomic E-state index is 0.653. The fourth-order valence-electron chi connectivity index (χ4n) is 3.64. The van der Waals surface area contributed by atoms with Crippen LogP contribution in [0.15, 0.2) is 36.7 Å². The molecule has 2 unspecified atom stereocenters. The lowest BCUT2D eigenvalue weighted by atomic mass is 9.88. The summed E-state index contributed by atoms with van der Waals surface area (Å²) in [6.07, 6.45) is 11.9. The van der Waals surface area contributed by atoms with Crippen LogP contribution in [-0.4, -0.2) is 17.6 Å². The standard InChI is InChI=1S/C19H26N2/c1-2-11-21-17-9-5-3-7-15(12-17)19-14-20-13-16-8-4-6-10-18(16)19/h4,6,8,10,13-15,17,21H,2-3,5,7,9,11-12H2,1H3. The van der Waals surface area contributed by atoms with E-state index in [0.717, 1.165) is 6.54 Å². The van der Waals surface area contributed by atoms with Gasteiger partial charge in [-0.1, -0.05) is 44.0 Å². The molecule has 1 saturated carbocycles. The van der Waals surface area contributed by atoms with Crippen LogP contribution in [0.25, 0.3) is 10.8 Å². The largest absolute Gasteiger partial charge is 0.314 e. The van der Waals surface area contributed by atoms with E-state index in [9.17, 15) is 0 Å². The first-order valence-electron chi connectivity index (χ1n) is 8.44. The van der Waals surface area contributed by atoms with E-state index in [-0.39, 0.29) is 0 Å². The van der Waals surface area contributed by atoms with E-state index in [4.69, 9.17) is 0 Å². The Morgan fingerprint density at radius 3 is 2.90 bits per heavy atom. The molecule has 2 heteroatoms. The van der Waals surface area contributed by atoms with Gasteiger partial charge in [0.2, 0.25) is 0 Å². The maximum Gasteiger partial charge on any atom is 0.0346 e. The molecule has 1 fully saturated rings. The zero-order valence-corrected chi connectivity index (χ0v) is 13.0. The third kappa shape index (κ3) is 3.44. The first kappa shape index (κ1) is 14.5. The van der Waals surface area contributed by atoms with E-state index in [0.29, 0.717) is 12.0 Å². The number of hydrogen-bond acceptors (Lipinski definition) is 2. The lowest BCUT2D eigenvalue weighted by molar-refractivity contribution is 0.440. The lowest BCUT2D eigenvalue weighted by Gasteiger charge is -2.22. The van der Waals surface area contributed by atoms with Gasteiger partial charge >= 0.3 is 0 Å². The van der Waals surface area contributed by atoms with E-state index < -0.39 is 0 Å². The van der Waals surface area contributed by atoms with Gasteiger partial charge in [-0.3, -0.25) is 4.98 Å². The topological polar surface area (TPSA) is 24.9 Å². The number of benzene rings is 1. The number of rotatable bonds is 4. The molecule has 2 aromatic rings. The average Bonchev–Trinajstić information content (AvgIpc) is 2.78. The molecule has 0 radical (unpaired) electrons. The van der Waals surface area contributed by atoms with E-state index in [1.165, 1.54) is 54.9 Å². The smallest absolute Gasteiger partial charge is 0.0346 e. The Labute approximate surface area is 128 Å². The Morgan fingerprint density at radius 1 is 1.14 bits per heavy atom. The number of fused-ring (bicyclic) bond motifs is 1. The monoisotopic (exact) mass is 282 g/mol. The van der Waals surface area contributed by atoms with Crippen molar-refractivity contribution < 1.29 is 0 Å². The molecule has 2 nitrogen and oxygen atoms in total. The SMILES string of the molecule is CCCNC1CCCCC(c2cncc3ccccc23)C1. The van der Waals surface area contributed by atoms with Crippen LogP contribution in [0.5, 0.6) is 0 Å². The van der Waals surface area contributed by atoms with E-state index in [1.807, 2.05) is 6.20 Å². The normalized spacial score (nSPS) is 23.1. The Balaban J connectivity index is 1.86. The van der Waals surface area contributed by atoms with Crippen molar-refractivity contribution in [3.8, 4) is 0 Å². The van der Waals surface area contributed by atoms with E-state index >= 15 is 0 Å². The second kappa shape index (κ2) is 7.04. The summed E-state index contributed by atoms with van der Waals surface area (Å²) in [6, 6.07) is 9.36. The van der Waals surface area contributed by atoms with Gasteiger partial charge in [0.15, 0.2) is 0 Å². The molecule has 3 rings (SSSR count). The van der Waals surface area contributed by atoms with Crippen molar-refractivity contribution in [1.29, 1.82) is 0 Å². The van der Waals surface area contributed by atoms with Crippen LogP contribution in [0.4, 0.5) is 0 Å². The molecule has 1 heterocycles. The molecule has 0 saturated heterocycles. The third-order valence-corrected chi connectivity index (χ3v) is 4.75. The summed E-state index contributed by atoms with van der Waals surface area (Å²) < 4.78 is 0. The van der Waals surface area contributed by atoms with Crippen LogP contribution < -0.4 is 5.32 Å². The van der Waals surface area contributed by atoms with Gasteiger partial charge in [0.1, 0.15) is 0 Å². The highest BCUT2D eigenvalue weighted by atomic mass is 14.9. The summed E-state index contributed by atoms with van der Waals surface area (Å²) in [5, 5.41) is 6.41. The molecule has 2 atom stereocenters. The van der Waals surface area contributed by atoms with Crippen molar-refractivity contribution in [2.45, 2.75) is 57.4 Å². The predicted molar refractivity (Wildman–Crippen MR) is 89.7 cm³/mol. The molecule has 1 aromatic carbocycles. The Bertz CT molecular complexity index is 573. The Kier molecular flexibility index (Phi) is 4.87. The molecular weight excluding hydrogens is 256 g/mol. The second-order valence-corrected chi connectivity index (χ2v) is 6.32. The Morgan fingerprint density at radius 2 is 2.00 bits per heavy atom. The molecule has 1 aromatic heterocycles. The third-order valence-electron chi connectivity index (χ3n) is 4.75. The molecule has 112 valence electrons. The van der Waals surface area contributed by atoms with Gasteiger partial charge in [0, 0.05) is 23.8 Å². The van der Waals surface area contributed by atoms with Crippen molar-refractivity contribution in [2.24, 2.45) is 0 Å². The summed E-state index contributed by atoms with van der Waals surface area (Å²) in [6.45, 7) is 3.39. The van der Waals surface area contributed by atoms with Gasteiger partial charge in [0.05, 0.1) is 0 Å². The molecular formula is C19H26N2. The predicted octanol–water partition coefficient (Wildman–Crippen LogP) is 4.65. The second-order valence-electron chi connectivity index (χ2n) is 6.32. The van der Waals surface area contributed by atoms with E-state index in [1.54, 1.807) is 0 Å². The van der Waals surface area contributed by atoms with Gasteiger partial charge in [-0.2, -0.15) is 0 Å². The zero-order chi connectivity index (χ0) is 14.5. The quantitative estimate of drug-likeness (QED) is 0.826. The highest BCUT2D eigenvalue weighted by molar-refractivity contribution is 5.85. The van der Waals surface area contributed by atoms with E-state index in [2.05, 4.69) is 47.7 Å². The highest BCUT2D eigenvalue weighted by Crippen LogP contribution is 2.35. The van der Waals surface area contributed by atoms with Gasteiger partial charge in [0.25, 0.3) is 0 Å². The van der Waals surface area contributed by atoms with Gasteiger partial charge in [-0.25, -0.2) is 0 Å². The number of aromatic nitrogens is 1. The van der Waals surface area contributed by atoms with Crippen LogP contribution in [0, 0.1) is 0 Å². The average molecular weight is 282 g/mol. The molecule has 0 bridgehead atoms. The summed E-state index contributed by atoms with van der Waals surface area (Å²) in [4.78, 5) is 4.49. The lowest BCUT2D eigenvalue weighted by Crippen LogP contribution is -2.30. The van der Waals surface area contributed by atoms with Crippen molar-refractivity contribution in [2.75, 3.05) is 6.54 Å². The number of pyridine rings is 1. The van der Waals surface area contributed by atoms with Crippen LogP contribution in [-0.2, 0) is 0 Å². The maximum atomic E-state index is 4.49.